The van der Waals surface area contributed by atoms with Gasteiger partial charge in [-0.15, -0.1) is 10.2 Å². The van der Waals surface area contributed by atoms with E-state index in [1.165, 1.54) is 11.8 Å². The normalized spacial score (nSPS) is 10.7. The molecule has 0 bridgehead atoms. The molecule has 0 fully saturated rings. The fraction of sp³-hybridized carbons (Fsp3) is 0.200. The Balaban J connectivity index is 1.40. The Morgan fingerprint density at radius 1 is 1.05 bits per heavy atom. The maximum Gasteiger partial charge on any atom is 0.284 e. The summed E-state index contributed by atoms with van der Waals surface area (Å²) in [4.78, 5) is 0. The van der Waals surface area contributed by atoms with Gasteiger partial charge in [0.15, 0.2) is 5.76 Å². The Labute approximate surface area is 126 Å². The zero-order valence-electron chi connectivity index (χ0n) is 11.3. The molecule has 21 heavy (non-hydrogen) atoms. The molecule has 0 aliphatic carbocycles. The van der Waals surface area contributed by atoms with Crippen molar-refractivity contribution in [1.29, 1.82) is 0 Å². The summed E-state index contributed by atoms with van der Waals surface area (Å²) < 4.78 is 16.3. The predicted molar refractivity (Wildman–Crippen MR) is 79.3 cm³/mol. The highest BCUT2D eigenvalue weighted by molar-refractivity contribution is 7.99. The molecule has 1 aromatic carbocycles. The van der Waals surface area contributed by atoms with E-state index in [9.17, 15) is 0 Å². The molecule has 3 rings (SSSR count). The zero-order chi connectivity index (χ0) is 14.3. The van der Waals surface area contributed by atoms with Crippen LogP contribution in [0.4, 0.5) is 0 Å². The lowest BCUT2D eigenvalue weighted by Gasteiger charge is -2.04. The molecule has 0 atom stereocenters. The summed E-state index contributed by atoms with van der Waals surface area (Å²) in [5, 5.41) is 8.46. The fourth-order valence-electron chi connectivity index (χ4n) is 1.69. The monoisotopic (exact) mass is 302 g/mol. The lowest BCUT2D eigenvalue weighted by molar-refractivity contribution is 0.318. The largest absolute Gasteiger partial charge is 0.494 e. The Kier molecular flexibility index (Phi) is 4.58. The lowest BCUT2D eigenvalue weighted by atomic mass is 10.3. The number of ether oxygens (including phenoxy) is 1. The molecule has 5 nitrogen and oxygen atoms in total. The van der Waals surface area contributed by atoms with E-state index in [1.54, 1.807) is 18.4 Å². The summed E-state index contributed by atoms with van der Waals surface area (Å²) in [7, 11) is 0. The fourth-order valence-corrected chi connectivity index (χ4v) is 2.37. The van der Waals surface area contributed by atoms with E-state index < -0.39 is 0 Å². The molecule has 0 aliphatic heterocycles. The molecular weight excluding hydrogens is 288 g/mol. The van der Waals surface area contributed by atoms with E-state index in [0.29, 0.717) is 23.5 Å². The average molecular weight is 302 g/mol. The first-order valence-corrected chi connectivity index (χ1v) is 7.58. The highest BCUT2D eigenvalue weighted by atomic mass is 32.2. The van der Waals surface area contributed by atoms with E-state index >= 15 is 0 Å². The second kappa shape index (κ2) is 6.99. The first kappa shape index (κ1) is 13.8. The van der Waals surface area contributed by atoms with Crippen molar-refractivity contribution in [3.05, 3.63) is 48.7 Å². The molecule has 0 saturated heterocycles. The van der Waals surface area contributed by atoms with Crippen LogP contribution in [0, 0.1) is 0 Å². The number of nitrogens with zero attached hydrogens (tertiary/aromatic N) is 2. The van der Waals surface area contributed by atoms with Crippen LogP contribution in [0.5, 0.6) is 5.75 Å². The highest BCUT2D eigenvalue weighted by Gasteiger charge is 2.10. The number of aromatic nitrogens is 2. The molecular formula is C15H14N2O3S. The van der Waals surface area contributed by atoms with Crippen molar-refractivity contribution >= 4 is 11.8 Å². The third-order valence-electron chi connectivity index (χ3n) is 2.66. The van der Waals surface area contributed by atoms with Crippen LogP contribution in [0.25, 0.3) is 11.7 Å². The highest BCUT2D eigenvalue weighted by Crippen LogP contribution is 2.23. The maximum atomic E-state index is 5.61. The quantitative estimate of drug-likeness (QED) is 0.487. The molecule has 0 saturated carbocycles. The van der Waals surface area contributed by atoms with Crippen LogP contribution in [0.3, 0.4) is 0 Å². The van der Waals surface area contributed by atoms with Crippen LogP contribution in [0.1, 0.15) is 6.42 Å². The molecule has 2 heterocycles. The van der Waals surface area contributed by atoms with Gasteiger partial charge < -0.3 is 13.6 Å². The van der Waals surface area contributed by atoms with E-state index in [0.717, 1.165) is 17.9 Å². The van der Waals surface area contributed by atoms with E-state index in [-0.39, 0.29) is 0 Å². The second-order valence-electron chi connectivity index (χ2n) is 4.21. The minimum Gasteiger partial charge on any atom is -0.494 e. The maximum absolute atomic E-state index is 5.61. The smallest absolute Gasteiger partial charge is 0.284 e. The van der Waals surface area contributed by atoms with Gasteiger partial charge in [0.05, 0.1) is 12.9 Å². The van der Waals surface area contributed by atoms with Gasteiger partial charge in [0, 0.05) is 5.75 Å². The molecule has 0 radical (unpaired) electrons. The standard InChI is InChI=1S/C15H14N2O3S/c1-2-6-12(7-3-1)18-10-5-11-21-15-17-16-14(20-15)13-8-4-9-19-13/h1-4,6-9H,5,10-11H2. The Bertz CT molecular complexity index is 653. The van der Waals surface area contributed by atoms with Crippen molar-refractivity contribution in [2.75, 3.05) is 12.4 Å². The molecule has 108 valence electrons. The van der Waals surface area contributed by atoms with Gasteiger partial charge in [0.1, 0.15) is 5.75 Å². The van der Waals surface area contributed by atoms with Gasteiger partial charge in [-0.3, -0.25) is 0 Å². The summed E-state index contributed by atoms with van der Waals surface area (Å²) in [6.07, 6.45) is 2.48. The molecule has 3 aromatic rings. The first-order chi connectivity index (χ1) is 10.4. The minimum atomic E-state index is 0.406. The van der Waals surface area contributed by atoms with E-state index in [4.69, 9.17) is 13.6 Å². The number of furan rings is 1. The van der Waals surface area contributed by atoms with Gasteiger partial charge in [0.25, 0.3) is 11.1 Å². The van der Waals surface area contributed by atoms with Crippen LogP contribution in [0.2, 0.25) is 0 Å². The van der Waals surface area contributed by atoms with Gasteiger partial charge in [-0.05, 0) is 30.7 Å². The van der Waals surface area contributed by atoms with Crippen LogP contribution >= 0.6 is 11.8 Å². The van der Waals surface area contributed by atoms with Crippen LogP contribution in [0.15, 0.2) is 62.8 Å². The number of thioether (sulfide) groups is 1. The number of para-hydroxylation sites is 1. The molecule has 0 unspecified atom stereocenters. The van der Waals surface area contributed by atoms with Gasteiger partial charge in [-0.1, -0.05) is 30.0 Å². The summed E-state index contributed by atoms with van der Waals surface area (Å²) >= 11 is 1.51. The topological polar surface area (TPSA) is 61.3 Å². The number of hydrogen-bond acceptors (Lipinski definition) is 6. The summed E-state index contributed by atoms with van der Waals surface area (Å²) in [5.74, 6) is 2.73. The number of rotatable bonds is 7. The molecule has 2 aromatic heterocycles. The third kappa shape index (κ3) is 3.88. The second-order valence-corrected chi connectivity index (χ2v) is 5.26. The number of hydrogen-bond donors (Lipinski definition) is 0. The molecule has 0 amide bonds. The van der Waals surface area contributed by atoms with Gasteiger partial charge in [-0.2, -0.15) is 0 Å². The van der Waals surface area contributed by atoms with Crippen molar-refractivity contribution in [3.63, 3.8) is 0 Å². The summed E-state index contributed by atoms with van der Waals surface area (Å²) in [6.45, 7) is 0.663. The summed E-state index contributed by atoms with van der Waals surface area (Å²) in [6, 6.07) is 13.3. The van der Waals surface area contributed by atoms with E-state index in [1.807, 2.05) is 30.3 Å². The third-order valence-corrected chi connectivity index (χ3v) is 3.57. The van der Waals surface area contributed by atoms with Crippen molar-refractivity contribution in [2.45, 2.75) is 11.6 Å². The van der Waals surface area contributed by atoms with Crippen molar-refractivity contribution in [1.82, 2.24) is 10.2 Å². The van der Waals surface area contributed by atoms with Crippen LogP contribution in [-0.2, 0) is 0 Å². The Morgan fingerprint density at radius 2 is 1.95 bits per heavy atom. The van der Waals surface area contributed by atoms with Crippen molar-refractivity contribution in [2.24, 2.45) is 0 Å². The lowest BCUT2D eigenvalue weighted by Crippen LogP contribution is -1.98. The molecule has 0 aliphatic rings. The number of benzene rings is 1. The van der Waals surface area contributed by atoms with Gasteiger partial charge in [0.2, 0.25) is 0 Å². The Morgan fingerprint density at radius 3 is 2.76 bits per heavy atom. The van der Waals surface area contributed by atoms with Crippen molar-refractivity contribution < 1.29 is 13.6 Å². The Hall–Kier alpha value is -2.21. The zero-order valence-corrected chi connectivity index (χ0v) is 12.1. The predicted octanol–water partition coefficient (Wildman–Crippen LogP) is 3.89. The molecule has 6 heteroatoms. The van der Waals surface area contributed by atoms with Gasteiger partial charge >= 0.3 is 0 Å². The minimum absolute atomic E-state index is 0.406. The van der Waals surface area contributed by atoms with Crippen LogP contribution < -0.4 is 4.74 Å². The first-order valence-electron chi connectivity index (χ1n) is 6.60. The van der Waals surface area contributed by atoms with Crippen molar-refractivity contribution in [3.8, 4) is 17.4 Å². The van der Waals surface area contributed by atoms with Gasteiger partial charge in [-0.25, -0.2) is 0 Å². The van der Waals surface area contributed by atoms with Crippen LogP contribution in [-0.4, -0.2) is 22.6 Å². The van der Waals surface area contributed by atoms with E-state index in [2.05, 4.69) is 10.2 Å². The molecule has 0 spiro atoms. The SMILES string of the molecule is c1ccc(OCCCSc2nnc(-c3ccco3)o2)cc1. The molecule has 0 N–H and O–H groups in total. The average Bonchev–Trinajstić information content (AvgIpc) is 3.19. The summed E-state index contributed by atoms with van der Waals surface area (Å²) in [5.41, 5.74) is 0.